The highest BCUT2D eigenvalue weighted by Crippen LogP contribution is 2.41. The van der Waals surface area contributed by atoms with Gasteiger partial charge in [0, 0.05) is 18.6 Å². The predicted molar refractivity (Wildman–Crippen MR) is 138 cm³/mol. The molecule has 2 aromatic carbocycles. The van der Waals surface area contributed by atoms with Crippen molar-refractivity contribution in [1.82, 2.24) is 4.98 Å². The smallest absolute Gasteiger partial charge is 0.335 e. The van der Waals surface area contributed by atoms with Gasteiger partial charge in [0.05, 0.1) is 27.9 Å². The Morgan fingerprint density at radius 3 is 2.24 bits per heavy atom. The first-order valence-electron chi connectivity index (χ1n) is 12.1. The van der Waals surface area contributed by atoms with Crippen LogP contribution in [0.1, 0.15) is 36.4 Å². The average Bonchev–Trinajstić information content (AvgIpc) is 3.27. The van der Waals surface area contributed by atoms with Crippen molar-refractivity contribution in [2.24, 2.45) is 0 Å². The molecule has 9 heteroatoms. The number of carbonyl (C=O) groups is 1. The van der Waals surface area contributed by atoms with Gasteiger partial charge in [0.2, 0.25) is 11.6 Å². The molecule has 0 bridgehead atoms. The molecule has 0 aliphatic carbocycles. The minimum atomic E-state index is -0.637. The first-order valence-corrected chi connectivity index (χ1v) is 12.1. The van der Waals surface area contributed by atoms with E-state index < -0.39 is 6.10 Å². The van der Waals surface area contributed by atoms with Crippen LogP contribution in [-0.2, 0) is 27.3 Å². The predicted octanol–water partition coefficient (Wildman–Crippen LogP) is 5.07. The van der Waals surface area contributed by atoms with Gasteiger partial charge < -0.3 is 32.8 Å². The minimum absolute atomic E-state index is 0.225. The fraction of sp³-hybridized carbons (Fsp3) is 0.429. The second-order valence-electron chi connectivity index (χ2n) is 8.21. The molecule has 0 aliphatic heterocycles. The molecular weight excluding hydrogens is 478 g/mol. The van der Waals surface area contributed by atoms with E-state index in [4.69, 9.17) is 32.8 Å². The van der Waals surface area contributed by atoms with E-state index in [1.54, 1.807) is 40.4 Å². The fourth-order valence-corrected chi connectivity index (χ4v) is 3.88. The molecule has 200 valence electrons. The van der Waals surface area contributed by atoms with E-state index in [0.717, 1.165) is 11.1 Å². The molecule has 0 spiro atoms. The summed E-state index contributed by atoms with van der Waals surface area (Å²) < 4.78 is 38.9. The molecule has 0 fully saturated rings. The Kier molecular flexibility index (Phi) is 9.79. The van der Waals surface area contributed by atoms with Crippen LogP contribution in [0.3, 0.4) is 0 Å². The summed E-state index contributed by atoms with van der Waals surface area (Å²) in [6.07, 6.45) is -0.207. The maximum atomic E-state index is 12.2. The summed E-state index contributed by atoms with van der Waals surface area (Å²) in [6.45, 7) is 8.42. The number of benzene rings is 2. The van der Waals surface area contributed by atoms with Gasteiger partial charge in [0.25, 0.3) is 0 Å². The normalized spacial score (nSPS) is 11.6. The summed E-state index contributed by atoms with van der Waals surface area (Å²) in [5.41, 5.74) is 3.33. The lowest BCUT2D eigenvalue weighted by atomic mass is 10.0. The van der Waals surface area contributed by atoms with Gasteiger partial charge in [-0.1, -0.05) is 6.07 Å². The average molecular weight is 514 g/mol. The SMILES string of the molecule is CCOC(=O)C(Cc1ccc(OCc2nc(-c3cc(OC)c(OC)c(OC)c3)oc2C)cc1C)OCC. The van der Waals surface area contributed by atoms with Crippen molar-refractivity contribution in [3.63, 3.8) is 0 Å². The van der Waals surface area contributed by atoms with E-state index in [9.17, 15) is 4.79 Å². The van der Waals surface area contributed by atoms with E-state index in [2.05, 4.69) is 4.98 Å². The molecule has 0 amide bonds. The number of esters is 1. The molecule has 1 atom stereocenters. The third-order valence-corrected chi connectivity index (χ3v) is 5.82. The zero-order chi connectivity index (χ0) is 26.9. The maximum Gasteiger partial charge on any atom is 0.335 e. The summed E-state index contributed by atoms with van der Waals surface area (Å²) >= 11 is 0. The van der Waals surface area contributed by atoms with Crippen molar-refractivity contribution in [2.45, 2.75) is 46.8 Å². The molecule has 0 radical (unpaired) electrons. The molecular formula is C28H35NO8. The summed E-state index contributed by atoms with van der Waals surface area (Å²) in [5, 5.41) is 0. The van der Waals surface area contributed by atoms with E-state index in [-0.39, 0.29) is 12.6 Å². The zero-order valence-electron chi connectivity index (χ0n) is 22.5. The summed E-state index contributed by atoms with van der Waals surface area (Å²) in [4.78, 5) is 16.8. The van der Waals surface area contributed by atoms with Gasteiger partial charge in [-0.15, -0.1) is 0 Å². The topological polar surface area (TPSA) is 98.5 Å². The van der Waals surface area contributed by atoms with E-state index >= 15 is 0 Å². The van der Waals surface area contributed by atoms with Crippen LogP contribution in [0.25, 0.3) is 11.5 Å². The first kappa shape index (κ1) is 27.9. The Balaban J connectivity index is 1.73. The van der Waals surface area contributed by atoms with E-state index in [0.29, 0.717) is 65.5 Å². The van der Waals surface area contributed by atoms with Gasteiger partial charge in [0.1, 0.15) is 23.8 Å². The molecule has 3 aromatic rings. The summed E-state index contributed by atoms with van der Waals surface area (Å²) in [7, 11) is 4.67. The highest BCUT2D eigenvalue weighted by molar-refractivity contribution is 5.75. The molecule has 0 N–H and O–H groups in total. The summed E-state index contributed by atoms with van der Waals surface area (Å²) in [5.74, 6) is 2.91. The number of hydrogen-bond donors (Lipinski definition) is 0. The maximum absolute atomic E-state index is 12.2. The highest BCUT2D eigenvalue weighted by Gasteiger charge is 2.22. The van der Waals surface area contributed by atoms with Gasteiger partial charge in [0.15, 0.2) is 17.6 Å². The van der Waals surface area contributed by atoms with Crippen LogP contribution in [0.15, 0.2) is 34.7 Å². The largest absolute Gasteiger partial charge is 0.493 e. The Labute approximate surface area is 217 Å². The van der Waals surface area contributed by atoms with Gasteiger partial charge in [-0.25, -0.2) is 9.78 Å². The van der Waals surface area contributed by atoms with Gasteiger partial charge >= 0.3 is 5.97 Å². The first-order chi connectivity index (χ1) is 17.8. The Bertz CT molecular complexity index is 1180. The molecule has 0 saturated heterocycles. The second kappa shape index (κ2) is 13.0. The highest BCUT2D eigenvalue weighted by atomic mass is 16.6. The molecule has 1 unspecified atom stereocenters. The number of aryl methyl sites for hydroxylation is 2. The van der Waals surface area contributed by atoms with Crippen LogP contribution in [-0.4, -0.2) is 51.6 Å². The monoisotopic (exact) mass is 513 g/mol. The van der Waals surface area contributed by atoms with Crippen LogP contribution < -0.4 is 18.9 Å². The number of aromatic nitrogens is 1. The van der Waals surface area contributed by atoms with Crippen molar-refractivity contribution in [1.29, 1.82) is 0 Å². The zero-order valence-corrected chi connectivity index (χ0v) is 22.5. The lowest BCUT2D eigenvalue weighted by Crippen LogP contribution is -2.29. The number of rotatable bonds is 13. The number of ether oxygens (including phenoxy) is 6. The minimum Gasteiger partial charge on any atom is -0.493 e. The number of hydrogen-bond acceptors (Lipinski definition) is 9. The third kappa shape index (κ3) is 6.74. The molecule has 0 saturated carbocycles. The number of nitrogens with zero attached hydrogens (tertiary/aromatic N) is 1. The van der Waals surface area contributed by atoms with Gasteiger partial charge in [-0.05, 0) is 63.1 Å². The molecule has 9 nitrogen and oxygen atoms in total. The quantitative estimate of drug-likeness (QED) is 0.290. The van der Waals surface area contributed by atoms with Crippen LogP contribution in [0.4, 0.5) is 0 Å². The lowest BCUT2D eigenvalue weighted by Gasteiger charge is -2.17. The standard InChI is InChI=1S/C28H35NO8/c1-8-34-25(28(30)35-9-2)13-19-10-11-21(12-17(19)3)36-16-22-18(4)37-27(29-22)20-14-23(31-5)26(33-7)24(15-20)32-6/h10-12,14-15,25H,8-9,13,16H2,1-7H3. The van der Waals surface area contributed by atoms with Crippen LogP contribution in [0, 0.1) is 13.8 Å². The molecule has 1 heterocycles. The van der Waals surface area contributed by atoms with Crippen LogP contribution >= 0.6 is 0 Å². The van der Waals surface area contributed by atoms with E-state index in [1.807, 2.05) is 39.0 Å². The van der Waals surface area contributed by atoms with Crippen molar-refractivity contribution in [3.8, 4) is 34.5 Å². The molecule has 1 aromatic heterocycles. The van der Waals surface area contributed by atoms with Crippen LogP contribution in [0.2, 0.25) is 0 Å². The molecule has 37 heavy (non-hydrogen) atoms. The van der Waals surface area contributed by atoms with E-state index in [1.165, 1.54) is 0 Å². The second-order valence-corrected chi connectivity index (χ2v) is 8.21. The fourth-order valence-electron chi connectivity index (χ4n) is 3.88. The van der Waals surface area contributed by atoms with Crippen molar-refractivity contribution >= 4 is 5.97 Å². The third-order valence-electron chi connectivity index (χ3n) is 5.82. The number of methoxy groups -OCH3 is 3. The Morgan fingerprint density at radius 1 is 0.973 bits per heavy atom. The molecule has 3 rings (SSSR count). The summed E-state index contributed by atoms with van der Waals surface area (Å²) in [6, 6.07) is 9.30. The molecule has 0 aliphatic rings. The van der Waals surface area contributed by atoms with Gasteiger partial charge in [-0.3, -0.25) is 0 Å². The number of oxazole rings is 1. The lowest BCUT2D eigenvalue weighted by molar-refractivity contribution is -0.156. The Hall–Kier alpha value is -3.72. The van der Waals surface area contributed by atoms with Gasteiger partial charge in [-0.2, -0.15) is 0 Å². The number of carbonyl (C=O) groups excluding carboxylic acids is 1. The Morgan fingerprint density at radius 2 is 1.68 bits per heavy atom. The van der Waals surface area contributed by atoms with Crippen molar-refractivity contribution in [2.75, 3.05) is 34.5 Å². The van der Waals surface area contributed by atoms with Crippen molar-refractivity contribution in [3.05, 3.63) is 52.9 Å². The van der Waals surface area contributed by atoms with Crippen molar-refractivity contribution < 1.29 is 37.6 Å². The van der Waals surface area contributed by atoms with Crippen LogP contribution in [0.5, 0.6) is 23.0 Å².